The number of aliphatic hydroxyl groups is 1. The lowest BCUT2D eigenvalue weighted by atomic mass is 10.2. The first-order chi connectivity index (χ1) is 6.49. The topological polar surface area (TPSA) is 49.8 Å². The molecule has 0 saturated heterocycles. The molecule has 0 aliphatic heterocycles. The zero-order valence-electron chi connectivity index (χ0n) is 9.52. The summed E-state index contributed by atoms with van der Waals surface area (Å²) >= 11 is 0. The van der Waals surface area contributed by atoms with Gasteiger partial charge in [-0.3, -0.25) is 0 Å². The van der Waals surface area contributed by atoms with Crippen LogP contribution in [0.1, 0.15) is 13.3 Å². The first kappa shape index (κ1) is 16.8. The molecule has 5 heteroatoms. The Morgan fingerprint density at radius 3 is 2.40 bits per heavy atom. The number of likely N-dealkylation sites (N-methyl/N-ethyl adjacent to an activating group) is 1. The molecule has 1 unspecified atom stereocenters. The monoisotopic (exact) mass is 237 g/mol. The van der Waals surface area contributed by atoms with Crippen molar-refractivity contribution in [3.05, 3.63) is 12.2 Å². The number of hydrogen-bond donors (Lipinski definition) is 1. The third-order valence-electron chi connectivity index (χ3n) is 1.97. The number of carbonyl (C=O) groups excluding carboxylic acids is 1. The third-order valence-corrected chi connectivity index (χ3v) is 1.97. The summed E-state index contributed by atoms with van der Waals surface area (Å²) in [4.78, 5) is 12.9. The Bertz CT molecular complexity index is 207. The molecule has 15 heavy (non-hydrogen) atoms. The first-order valence-corrected chi connectivity index (χ1v) is 4.59. The van der Waals surface area contributed by atoms with Gasteiger partial charge in [0.25, 0.3) is 0 Å². The largest absolute Gasteiger partial charge is 0.462 e. The third kappa shape index (κ3) is 7.36. The fourth-order valence-corrected chi connectivity index (χ4v) is 0.924. The van der Waals surface area contributed by atoms with Crippen molar-refractivity contribution in [2.75, 3.05) is 27.3 Å². The van der Waals surface area contributed by atoms with Crippen LogP contribution in [0.2, 0.25) is 0 Å². The summed E-state index contributed by atoms with van der Waals surface area (Å²) < 4.78 is 4.91. The number of hydrogen-bond acceptors (Lipinski definition) is 4. The molecule has 0 spiro atoms. The van der Waals surface area contributed by atoms with Crippen LogP contribution < -0.4 is 0 Å². The average molecular weight is 238 g/mol. The van der Waals surface area contributed by atoms with E-state index in [1.54, 1.807) is 6.92 Å². The van der Waals surface area contributed by atoms with Crippen molar-refractivity contribution in [3.8, 4) is 0 Å². The summed E-state index contributed by atoms with van der Waals surface area (Å²) in [5.41, 5.74) is 0.399. The number of nitrogens with zero attached hydrogens (tertiary/aromatic N) is 1. The van der Waals surface area contributed by atoms with Gasteiger partial charge in [-0.2, -0.15) is 0 Å². The van der Waals surface area contributed by atoms with Crippen molar-refractivity contribution in [2.45, 2.75) is 19.4 Å². The van der Waals surface area contributed by atoms with Crippen LogP contribution in [0.15, 0.2) is 12.2 Å². The first-order valence-electron chi connectivity index (χ1n) is 4.59. The maximum absolute atomic E-state index is 11.0. The SMILES string of the molecule is C=C(C)C(=O)OCCC(CO)N(C)C.Cl. The van der Waals surface area contributed by atoms with E-state index in [-0.39, 0.29) is 31.0 Å². The second-order valence-corrected chi connectivity index (χ2v) is 3.50. The molecule has 0 aromatic carbocycles. The van der Waals surface area contributed by atoms with Gasteiger partial charge in [-0.05, 0) is 27.4 Å². The van der Waals surface area contributed by atoms with E-state index in [1.165, 1.54) is 0 Å². The van der Waals surface area contributed by atoms with Gasteiger partial charge in [0, 0.05) is 11.6 Å². The van der Waals surface area contributed by atoms with E-state index in [0.29, 0.717) is 18.6 Å². The molecule has 0 aliphatic carbocycles. The Hall–Kier alpha value is -0.580. The lowest BCUT2D eigenvalue weighted by Crippen LogP contribution is -2.32. The molecule has 0 aromatic rings. The number of esters is 1. The Morgan fingerprint density at radius 2 is 2.07 bits per heavy atom. The van der Waals surface area contributed by atoms with Gasteiger partial charge in [0.15, 0.2) is 0 Å². The fraction of sp³-hybridized carbons (Fsp3) is 0.700. The predicted octanol–water partition coefficient (Wildman–Crippen LogP) is 0.840. The van der Waals surface area contributed by atoms with Crippen molar-refractivity contribution < 1.29 is 14.6 Å². The van der Waals surface area contributed by atoms with Gasteiger partial charge >= 0.3 is 5.97 Å². The van der Waals surface area contributed by atoms with Crippen LogP contribution in [0, 0.1) is 0 Å². The van der Waals surface area contributed by atoms with Gasteiger partial charge in [-0.15, -0.1) is 12.4 Å². The highest BCUT2D eigenvalue weighted by molar-refractivity contribution is 5.86. The standard InChI is InChI=1S/C10H19NO3.ClH/c1-8(2)10(13)14-6-5-9(7-12)11(3)4;/h9,12H,1,5-7H2,2-4H3;1H. The van der Waals surface area contributed by atoms with Crippen molar-refractivity contribution >= 4 is 18.4 Å². The number of aliphatic hydroxyl groups excluding tert-OH is 1. The molecule has 0 bridgehead atoms. The highest BCUT2D eigenvalue weighted by Gasteiger charge is 2.11. The minimum absolute atomic E-state index is 0. The van der Waals surface area contributed by atoms with Gasteiger partial charge in [-0.25, -0.2) is 4.79 Å². The van der Waals surface area contributed by atoms with Crippen molar-refractivity contribution in [2.24, 2.45) is 0 Å². The Balaban J connectivity index is 0. The van der Waals surface area contributed by atoms with E-state index in [0.717, 1.165) is 0 Å². The van der Waals surface area contributed by atoms with Crippen LogP contribution in [0.5, 0.6) is 0 Å². The van der Waals surface area contributed by atoms with Gasteiger partial charge < -0.3 is 14.7 Å². The summed E-state index contributed by atoms with van der Waals surface area (Å²) in [6.45, 7) is 5.46. The molecule has 0 amide bonds. The van der Waals surface area contributed by atoms with E-state index in [1.807, 2.05) is 19.0 Å². The average Bonchev–Trinajstić information content (AvgIpc) is 2.11. The van der Waals surface area contributed by atoms with E-state index < -0.39 is 0 Å². The van der Waals surface area contributed by atoms with Gasteiger partial charge in [0.05, 0.1) is 13.2 Å². The smallest absolute Gasteiger partial charge is 0.333 e. The molecule has 0 rings (SSSR count). The van der Waals surface area contributed by atoms with Crippen LogP contribution >= 0.6 is 12.4 Å². The summed E-state index contributed by atoms with van der Waals surface area (Å²) in [7, 11) is 3.75. The van der Waals surface area contributed by atoms with Crippen LogP contribution in [0.4, 0.5) is 0 Å². The molecule has 1 atom stereocenters. The Morgan fingerprint density at radius 1 is 1.53 bits per heavy atom. The van der Waals surface area contributed by atoms with Gasteiger partial charge in [-0.1, -0.05) is 6.58 Å². The normalized spacial score (nSPS) is 11.8. The Labute approximate surface area is 97.3 Å². The van der Waals surface area contributed by atoms with Crippen LogP contribution in [-0.4, -0.2) is 49.3 Å². The highest BCUT2D eigenvalue weighted by atomic mass is 35.5. The van der Waals surface area contributed by atoms with E-state index in [4.69, 9.17) is 9.84 Å². The number of rotatable bonds is 6. The van der Waals surface area contributed by atoms with Crippen LogP contribution in [-0.2, 0) is 9.53 Å². The van der Waals surface area contributed by atoms with Gasteiger partial charge in [0.1, 0.15) is 0 Å². The summed E-state index contributed by atoms with van der Waals surface area (Å²) in [5.74, 6) is -0.375. The second kappa shape index (κ2) is 8.71. The molecular weight excluding hydrogens is 218 g/mol. The fourth-order valence-electron chi connectivity index (χ4n) is 0.924. The van der Waals surface area contributed by atoms with E-state index in [9.17, 15) is 4.79 Å². The molecule has 1 N–H and O–H groups in total. The predicted molar refractivity (Wildman–Crippen MR) is 62.2 cm³/mol. The molecule has 0 aromatic heterocycles. The molecule has 0 fully saturated rings. The highest BCUT2D eigenvalue weighted by Crippen LogP contribution is 2.00. The summed E-state index contributed by atoms with van der Waals surface area (Å²) in [6.07, 6.45) is 0.628. The minimum Gasteiger partial charge on any atom is -0.462 e. The molecule has 0 aliphatic rings. The maximum atomic E-state index is 11.0. The Kier molecular flexibility index (Phi) is 9.77. The summed E-state index contributed by atoms with van der Waals surface area (Å²) in [6, 6.07) is 0.0351. The molecule has 0 heterocycles. The zero-order valence-corrected chi connectivity index (χ0v) is 10.3. The van der Waals surface area contributed by atoms with E-state index >= 15 is 0 Å². The number of ether oxygens (including phenoxy) is 1. The van der Waals surface area contributed by atoms with Crippen molar-refractivity contribution in [1.29, 1.82) is 0 Å². The number of carbonyl (C=O) groups is 1. The maximum Gasteiger partial charge on any atom is 0.333 e. The molecule has 90 valence electrons. The zero-order chi connectivity index (χ0) is 11.1. The lowest BCUT2D eigenvalue weighted by Gasteiger charge is -2.21. The minimum atomic E-state index is -0.375. The second-order valence-electron chi connectivity index (χ2n) is 3.50. The van der Waals surface area contributed by atoms with E-state index in [2.05, 4.69) is 6.58 Å². The number of halogens is 1. The van der Waals surface area contributed by atoms with Gasteiger partial charge in [0.2, 0.25) is 0 Å². The van der Waals surface area contributed by atoms with Crippen molar-refractivity contribution in [1.82, 2.24) is 4.90 Å². The van der Waals surface area contributed by atoms with Crippen LogP contribution in [0.3, 0.4) is 0 Å². The molecule has 0 radical (unpaired) electrons. The quantitative estimate of drug-likeness (QED) is 0.550. The summed E-state index contributed by atoms with van der Waals surface area (Å²) in [5, 5.41) is 8.97. The lowest BCUT2D eigenvalue weighted by molar-refractivity contribution is -0.139. The van der Waals surface area contributed by atoms with Crippen molar-refractivity contribution in [3.63, 3.8) is 0 Å². The molecule has 0 saturated carbocycles. The molecular formula is C10H20ClNO3. The van der Waals surface area contributed by atoms with Crippen LogP contribution in [0.25, 0.3) is 0 Å². The molecule has 4 nitrogen and oxygen atoms in total.